The van der Waals surface area contributed by atoms with E-state index in [0.29, 0.717) is 36.6 Å². The van der Waals surface area contributed by atoms with E-state index in [1.807, 2.05) is 36.4 Å². The summed E-state index contributed by atoms with van der Waals surface area (Å²) in [5.74, 6) is 0.677. The fourth-order valence-electron chi connectivity index (χ4n) is 2.12. The second-order valence-corrected chi connectivity index (χ2v) is 5.08. The van der Waals surface area contributed by atoms with Crippen molar-refractivity contribution in [2.75, 3.05) is 13.2 Å². The summed E-state index contributed by atoms with van der Waals surface area (Å²) in [6.45, 7) is 2.54. The van der Waals surface area contributed by atoms with Crippen molar-refractivity contribution in [1.82, 2.24) is 5.32 Å². The van der Waals surface area contributed by atoms with Gasteiger partial charge in [0.2, 0.25) is 0 Å². The minimum atomic E-state index is -0.250. The van der Waals surface area contributed by atoms with E-state index in [1.54, 1.807) is 25.1 Å². The summed E-state index contributed by atoms with van der Waals surface area (Å²) in [5.41, 5.74) is 0.456. The first-order chi connectivity index (χ1) is 11.7. The zero-order valence-electron chi connectivity index (χ0n) is 13.7. The largest absolute Gasteiger partial charge is 0.466 e. The van der Waals surface area contributed by atoms with E-state index in [2.05, 4.69) is 5.32 Å². The molecule has 1 amide bonds. The van der Waals surface area contributed by atoms with Gasteiger partial charge in [0.15, 0.2) is 0 Å². The Labute approximate surface area is 141 Å². The van der Waals surface area contributed by atoms with Gasteiger partial charge in [-0.05, 0) is 37.6 Å². The SMILES string of the molecule is CCOC(=O)CCCNC(=O)c1ccccc1Oc1ccccc1. The van der Waals surface area contributed by atoms with Gasteiger partial charge in [0, 0.05) is 13.0 Å². The van der Waals surface area contributed by atoms with Crippen LogP contribution in [0, 0.1) is 0 Å². The van der Waals surface area contributed by atoms with Gasteiger partial charge in [-0.15, -0.1) is 0 Å². The minimum absolute atomic E-state index is 0.231. The number of hydrogen-bond donors (Lipinski definition) is 1. The second-order valence-electron chi connectivity index (χ2n) is 5.08. The molecule has 0 aliphatic rings. The molecule has 1 N–H and O–H groups in total. The summed E-state index contributed by atoms with van der Waals surface area (Å²) in [7, 11) is 0. The van der Waals surface area contributed by atoms with E-state index in [1.165, 1.54) is 0 Å². The highest BCUT2D eigenvalue weighted by atomic mass is 16.5. The number of esters is 1. The summed E-state index contributed by atoms with van der Waals surface area (Å²) in [6, 6.07) is 16.3. The highest BCUT2D eigenvalue weighted by molar-refractivity contribution is 5.97. The second kappa shape index (κ2) is 9.35. The van der Waals surface area contributed by atoms with E-state index in [0.717, 1.165) is 0 Å². The van der Waals surface area contributed by atoms with Gasteiger partial charge < -0.3 is 14.8 Å². The van der Waals surface area contributed by atoms with Gasteiger partial charge in [0.05, 0.1) is 12.2 Å². The van der Waals surface area contributed by atoms with Crippen molar-refractivity contribution in [3.63, 3.8) is 0 Å². The van der Waals surface area contributed by atoms with Crippen LogP contribution in [0.3, 0.4) is 0 Å². The lowest BCUT2D eigenvalue weighted by molar-refractivity contribution is -0.143. The van der Waals surface area contributed by atoms with E-state index in [-0.39, 0.29) is 18.3 Å². The molecule has 0 aromatic heterocycles. The van der Waals surface area contributed by atoms with Crippen LogP contribution >= 0.6 is 0 Å². The molecular formula is C19H21NO4. The molecule has 0 heterocycles. The molecule has 126 valence electrons. The number of ether oxygens (including phenoxy) is 2. The third-order valence-electron chi connectivity index (χ3n) is 3.25. The van der Waals surface area contributed by atoms with Gasteiger partial charge in [-0.2, -0.15) is 0 Å². The standard InChI is InChI=1S/C19H21NO4/c1-2-23-18(21)13-8-14-20-19(22)16-11-6-7-12-17(16)24-15-9-4-3-5-10-15/h3-7,9-12H,2,8,13-14H2,1H3,(H,20,22). The highest BCUT2D eigenvalue weighted by Gasteiger charge is 2.12. The van der Waals surface area contributed by atoms with Crippen LogP contribution < -0.4 is 10.1 Å². The van der Waals surface area contributed by atoms with Crippen molar-refractivity contribution >= 4 is 11.9 Å². The molecule has 5 heteroatoms. The van der Waals surface area contributed by atoms with Crippen molar-refractivity contribution in [3.05, 3.63) is 60.2 Å². The van der Waals surface area contributed by atoms with Crippen molar-refractivity contribution < 1.29 is 19.1 Å². The number of benzene rings is 2. The van der Waals surface area contributed by atoms with Gasteiger partial charge in [-0.25, -0.2) is 0 Å². The Morgan fingerprint density at radius 2 is 1.71 bits per heavy atom. The molecule has 0 radical (unpaired) electrons. The molecule has 2 aromatic rings. The molecule has 0 fully saturated rings. The molecular weight excluding hydrogens is 306 g/mol. The first kappa shape index (κ1) is 17.5. The summed E-state index contributed by atoms with van der Waals surface area (Å²) < 4.78 is 10.6. The van der Waals surface area contributed by atoms with E-state index in [9.17, 15) is 9.59 Å². The Bertz CT molecular complexity index is 670. The first-order valence-corrected chi connectivity index (χ1v) is 7.96. The monoisotopic (exact) mass is 327 g/mol. The molecule has 0 saturated heterocycles. The molecule has 24 heavy (non-hydrogen) atoms. The number of hydrogen-bond acceptors (Lipinski definition) is 4. The zero-order valence-corrected chi connectivity index (χ0v) is 13.7. The number of rotatable bonds is 8. The lowest BCUT2D eigenvalue weighted by atomic mass is 10.2. The maximum Gasteiger partial charge on any atom is 0.305 e. The lowest BCUT2D eigenvalue weighted by Crippen LogP contribution is -2.25. The number of nitrogens with one attached hydrogen (secondary N) is 1. The Morgan fingerprint density at radius 3 is 2.46 bits per heavy atom. The minimum Gasteiger partial charge on any atom is -0.466 e. The average Bonchev–Trinajstić information content (AvgIpc) is 2.60. The molecule has 5 nitrogen and oxygen atoms in total. The maximum absolute atomic E-state index is 12.3. The maximum atomic E-state index is 12.3. The van der Waals surface area contributed by atoms with Crippen LogP contribution in [0.25, 0.3) is 0 Å². The van der Waals surface area contributed by atoms with E-state index in [4.69, 9.17) is 9.47 Å². The van der Waals surface area contributed by atoms with E-state index < -0.39 is 0 Å². The molecule has 0 aliphatic carbocycles. The number of para-hydroxylation sites is 2. The van der Waals surface area contributed by atoms with Crippen molar-refractivity contribution in [2.45, 2.75) is 19.8 Å². The van der Waals surface area contributed by atoms with Crippen LogP contribution in [0.1, 0.15) is 30.1 Å². The molecule has 2 rings (SSSR count). The van der Waals surface area contributed by atoms with Crippen LogP contribution in [-0.2, 0) is 9.53 Å². The zero-order chi connectivity index (χ0) is 17.2. The molecule has 0 aliphatic heterocycles. The van der Waals surface area contributed by atoms with Crippen LogP contribution in [-0.4, -0.2) is 25.0 Å². The molecule has 0 unspecified atom stereocenters. The fraction of sp³-hybridized carbons (Fsp3) is 0.263. The summed E-state index contributed by atoms with van der Waals surface area (Å²) in [5, 5.41) is 2.80. The van der Waals surface area contributed by atoms with Gasteiger partial charge in [0.25, 0.3) is 5.91 Å². The van der Waals surface area contributed by atoms with Gasteiger partial charge in [-0.1, -0.05) is 30.3 Å². The van der Waals surface area contributed by atoms with Gasteiger partial charge >= 0.3 is 5.97 Å². The van der Waals surface area contributed by atoms with Crippen LogP contribution in [0.4, 0.5) is 0 Å². The molecule has 2 aromatic carbocycles. The summed E-state index contributed by atoms with van der Waals surface area (Å²) in [4.78, 5) is 23.6. The van der Waals surface area contributed by atoms with Crippen molar-refractivity contribution in [3.8, 4) is 11.5 Å². The Kier molecular flexibility index (Phi) is 6.83. The number of carbonyl (C=O) groups is 2. The fourth-order valence-corrected chi connectivity index (χ4v) is 2.12. The third kappa shape index (κ3) is 5.43. The topological polar surface area (TPSA) is 64.6 Å². The Morgan fingerprint density at radius 1 is 1.00 bits per heavy atom. The number of amides is 1. The molecule has 0 atom stereocenters. The van der Waals surface area contributed by atoms with Crippen LogP contribution in [0.5, 0.6) is 11.5 Å². The summed E-state index contributed by atoms with van der Waals surface area (Å²) >= 11 is 0. The summed E-state index contributed by atoms with van der Waals surface area (Å²) in [6.07, 6.45) is 0.822. The molecule has 0 bridgehead atoms. The predicted octanol–water partition coefficient (Wildman–Crippen LogP) is 3.55. The quantitative estimate of drug-likeness (QED) is 0.595. The highest BCUT2D eigenvalue weighted by Crippen LogP contribution is 2.24. The Balaban J connectivity index is 1.91. The van der Waals surface area contributed by atoms with Crippen molar-refractivity contribution in [1.29, 1.82) is 0 Å². The van der Waals surface area contributed by atoms with Gasteiger partial charge in [0.1, 0.15) is 11.5 Å². The normalized spacial score (nSPS) is 10.0. The molecule has 0 saturated carbocycles. The van der Waals surface area contributed by atoms with Crippen LogP contribution in [0.2, 0.25) is 0 Å². The first-order valence-electron chi connectivity index (χ1n) is 7.96. The Hall–Kier alpha value is -2.82. The van der Waals surface area contributed by atoms with Crippen LogP contribution in [0.15, 0.2) is 54.6 Å². The smallest absolute Gasteiger partial charge is 0.305 e. The van der Waals surface area contributed by atoms with Crippen molar-refractivity contribution in [2.24, 2.45) is 0 Å². The average molecular weight is 327 g/mol. The van der Waals surface area contributed by atoms with E-state index >= 15 is 0 Å². The van der Waals surface area contributed by atoms with Gasteiger partial charge in [-0.3, -0.25) is 9.59 Å². The number of carbonyl (C=O) groups excluding carboxylic acids is 2. The predicted molar refractivity (Wildman–Crippen MR) is 91.2 cm³/mol. The lowest BCUT2D eigenvalue weighted by Gasteiger charge is -2.11. The molecule has 0 spiro atoms. The third-order valence-corrected chi connectivity index (χ3v) is 3.25.